The van der Waals surface area contributed by atoms with Crippen LogP contribution in [0.5, 0.6) is 5.75 Å². The third-order valence-corrected chi connectivity index (χ3v) is 9.11. The Morgan fingerprint density at radius 1 is 0.951 bits per heavy atom. The molecule has 0 saturated carbocycles. The van der Waals surface area contributed by atoms with Gasteiger partial charge in [0.15, 0.2) is 0 Å². The summed E-state index contributed by atoms with van der Waals surface area (Å²) < 4.78 is 34.3. The minimum Gasteiger partial charge on any atom is -0.497 e. The van der Waals surface area contributed by atoms with Crippen molar-refractivity contribution in [3.8, 4) is 5.75 Å². The van der Waals surface area contributed by atoms with E-state index in [2.05, 4.69) is 5.32 Å². The van der Waals surface area contributed by atoms with Crippen LogP contribution in [0, 0.1) is 6.92 Å². The van der Waals surface area contributed by atoms with E-state index in [1.54, 1.807) is 67.8 Å². The number of hydrogen-bond donors (Lipinski definition) is 1. The molecule has 0 saturated heterocycles. The normalized spacial score (nSPS) is 12.1. The van der Waals surface area contributed by atoms with Crippen LogP contribution < -0.4 is 14.4 Å². The first kappa shape index (κ1) is 32.0. The number of thioether (sulfide) groups is 1. The first-order chi connectivity index (χ1) is 19.5. The maximum Gasteiger partial charge on any atom is 0.264 e. The number of nitrogens with zero attached hydrogens (tertiary/aromatic N) is 2. The van der Waals surface area contributed by atoms with Crippen LogP contribution in [0.1, 0.15) is 38.3 Å². The Morgan fingerprint density at radius 3 is 2.07 bits per heavy atom. The molecule has 0 aliphatic rings. The van der Waals surface area contributed by atoms with Crippen LogP contribution in [-0.2, 0) is 26.2 Å². The van der Waals surface area contributed by atoms with Crippen molar-refractivity contribution in [2.75, 3.05) is 24.2 Å². The highest BCUT2D eigenvalue weighted by molar-refractivity contribution is 7.98. The Morgan fingerprint density at radius 2 is 1.56 bits per heavy atom. The lowest BCUT2D eigenvalue weighted by Crippen LogP contribution is -2.53. The molecule has 41 heavy (non-hydrogen) atoms. The number of sulfonamides is 1. The van der Waals surface area contributed by atoms with Crippen LogP contribution in [-0.4, -0.2) is 57.1 Å². The second-order valence-electron chi connectivity index (χ2n) is 9.98. The summed E-state index contributed by atoms with van der Waals surface area (Å²) in [4.78, 5) is 29.8. The molecule has 0 radical (unpaired) electrons. The highest BCUT2D eigenvalue weighted by atomic mass is 32.2. The maximum atomic E-state index is 14.1. The molecule has 3 rings (SSSR count). The summed E-state index contributed by atoms with van der Waals surface area (Å²) in [7, 11) is -2.54. The molecule has 3 aromatic carbocycles. The predicted octanol–water partition coefficient (Wildman–Crippen LogP) is 5.25. The Bertz CT molecular complexity index is 1410. The summed E-state index contributed by atoms with van der Waals surface area (Å²) in [5.41, 5.74) is 2.11. The third kappa shape index (κ3) is 8.27. The number of anilines is 1. The van der Waals surface area contributed by atoms with E-state index in [1.807, 2.05) is 46.1 Å². The summed E-state index contributed by atoms with van der Waals surface area (Å²) >= 11 is 1.51. The highest BCUT2D eigenvalue weighted by Gasteiger charge is 2.33. The number of carbonyl (C=O) groups is 2. The number of nitrogens with one attached hydrogen (secondary N) is 1. The summed E-state index contributed by atoms with van der Waals surface area (Å²) in [5, 5.41) is 2.90. The van der Waals surface area contributed by atoms with Gasteiger partial charge in [-0.05, 0) is 87.5 Å². The summed E-state index contributed by atoms with van der Waals surface area (Å²) in [5.74, 6) is -0.112. The van der Waals surface area contributed by atoms with Gasteiger partial charge in [0, 0.05) is 17.5 Å². The van der Waals surface area contributed by atoms with Crippen molar-refractivity contribution in [1.29, 1.82) is 0 Å². The number of methoxy groups -OCH3 is 1. The van der Waals surface area contributed by atoms with E-state index in [4.69, 9.17) is 4.74 Å². The molecular weight excluding hydrogens is 558 g/mol. The monoisotopic (exact) mass is 597 g/mol. The van der Waals surface area contributed by atoms with Gasteiger partial charge in [-0.1, -0.05) is 36.8 Å². The minimum absolute atomic E-state index is 0.0787. The Kier molecular flexibility index (Phi) is 11.3. The summed E-state index contributed by atoms with van der Waals surface area (Å²) in [6.07, 6.45) is 2.27. The van der Waals surface area contributed by atoms with Crippen LogP contribution in [0.4, 0.5) is 5.69 Å². The molecule has 3 aromatic rings. The molecule has 10 heteroatoms. The zero-order valence-electron chi connectivity index (χ0n) is 24.5. The lowest BCUT2D eigenvalue weighted by molar-refractivity contribution is -0.140. The lowest BCUT2D eigenvalue weighted by Gasteiger charge is -2.33. The quantitative estimate of drug-likeness (QED) is 0.270. The van der Waals surface area contributed by atoms with E-state index in [-0.39, 0.29) is 23.4 Å². The van der Waals surface area contributed by atoms with Gasteiger partial charge in [-0.25, -0.2) is 8.42 Å². The molecule has 0 fully saturated rings. The number of benzene rings is 3. The van der Waals surface area contributed by atoms with Gasteiger partial charge in [-0.15, -0.1) is 11.8 Å². The topological polar surface area (TPSA) is 96.0 Å². The van der Waals surface area contributed by atoms with Crippen molar-refractivity contribution in [2.24, 2.45) is 0 Å². The van der Waals surface area contributed by atoms with Crippen LogP contribution in [0.2, 0.25) is 0 Å². The van der Waals surface area contributed by atoms with Crippen molar-refractivity contribution in [1.82, 2.24) is 10.2 Å². The molecule has 0 spiro atoms. The average molecular weight is 598 g/mol. The van der Waals surface area contributed by atoms with E-state index in [0.717, 1.165) is 20.3 Å². The zero-order chi connectivity index (χ0) is 30.2. The van der Waals surface area contributed by atoms with Gasteiger partial charge >= 0.3 is 0 Å². The van der Waals surface area contributed by atoms with E-state index >= 15 is 0 Å². The molecule has 0 unspecified atom stereocenters. The second-order valence-corrected chi connectivity index (χ2v) is 12.7. The molecule has 0 heterocycles. The summed E-state index contributed by atoms with van der Waals surface area (Å²) in [6.45, 7) is 7.10. The van der Waals surface area contributed by atoms with E-state index in [1.165, 1.54) is 16.7 Å². The first-order valence-electron chi connectivity index (χ1n) is 13.5. The molecule has 0 aliphatic heterocycles. The average Bonchev–Trinajstić information content (AvgIpc) is 2.96. The number of hydrogen-bond acceptors (Lipinski definition) is 6. The molecule has 0 bridgehead atoms. The molecule has 220 valence electrons. The molecule has 1 N–H and O–H groups in total. The summed E-state index contributed by atoms with van der Waals surface area (Å²) in [6, 6.07) is 19.9. The van der Waals surface area contributed by atoms with E-state index in [0.29, 0.717) is 17.9 Å². The Balaban J connectivity index is 2.05. The number of carbonyl (C=O) groups excluding carboxylic acids is 2. The second kappa shape index (κ2) is 14.4. The zero-order valence-corrected chi connectivity index (χ0v) is 26.1. The molecular formula is C31H39N3O5S2. The van der Waals surface area contributed by atoms with Gasteiger partial charge in [-0.3, -0.25) is 13.9 Å². The number of aryl methyl sites for hydroxylation is 1. The Hall–Kier alpha value is -3.50. The van der Waals surface area contributed by atoms with Gasteiger partial charge in [0.1, 0.15) is 18.3 Å². The predicted molar refractivity (Wildman–Crippen MR) is 165 cm³/mol. The van der Waals surface area contributed by atoms with Crippen LogP contribution in [0.25, 0.3) is 0 Å². The highest BCUT2D eigenvalue weighted by Crippen LogP contribution is 2.27. The molecule has 0 aliphatic carbocycles. The molecule has 2 amide bonds. The SMILES string of the molecule is CC[C@H](C(=O)NC(C)C)N(Cc1ccc(OC)cc1)C(=O)CN(c1ccc(C)cc1)S(=O)(=O)c1ccc(SC)cc1. The maximum absolute atomic E-state index is 14.1. The fourth-order valence-corrected chi connectivity index (χ4v) is 6.16. The van der Waals surface area contributed by atoms with Crippen LogP contribution in [0.15, 0.2) is 82.6 Å². The number of rotatable bonds is 13. The van der Waals surface area contributed by atoms with Crippen molar-refractivity contribution in [3.05, 3.63) is 83.9 Å². The molecule has 0 aromatic heterocycles. The lowest BCUT2D eigenvalue weighted by atomic mass is 10.1. The van der Waals surface area contributed by atoms with Crippen LogP contribution in [0.3, 0.4) is 0 Å². The molecule has 1 atom stereocenters. The van der Waals surface area contributed by atoms with Crippen molar-refractivity contribution >= 4 is 39.3 Å². The number of ether oxygens (including phenoxy) is 1. The standard InChI is InChI=1S/C31H39N3O5S2/c1-7-29(31(36)32-22(2)3)33(20-24-10-14-26(39-5)15-11-24)30(35)21-34(25-12-8-23(4)9-13-25)41(37,38)28-18-16-27(40-6)17-19-28/h8-19,22,29H,7,20-21H2,1-6H3,(H,32,36)/t29-/m1/s1. The van der Waals surface area contributed by atoms with E-state index < -0.39 is 28.5 Å². The van der Waals surface area contributed by atoms with Gasteiger partial charge in [-0.2, -0.15) is 0 Å². The fraction of sp³-hybridized carbons (Fsp3) is 0.355. The fourth-order valence-electron chi connectivity index (χ4n) is 4.34. The Labute approximate surface area is 248 Å². The van der Waals surface area contributed by atoms with E-state index in [9.17, 15) is 18.0 Å². The van der Waals surface area contributed by atoms with Gasteiger partial charge in [0.2, 0.25) is 11.8 Å². The largest absolute Gasteiger partial charge is 0.497 e. The molecule has 8 nitrogen and oxygen atoms in total. The van der Waals surface area contributed by atoms with Gasteiger partial charge in [0.25, 0.3) is 10.0 Å². The van der Waals surface area contributed by atoms with Crippen molar-refractivity contribution < 1.29 is 22.7 Å². The third-order valence-electron chi connectivity index (χ3n) is 6.58. The first-order valence-corrected chi connectivity index (χ1v) is 16.1. The smallest absolute Gasteiger partial charge is 0.264 e. The minimum atomic E-state index is -4.11. The number of amides is 2. The van der Waals surface area contributed by atoms with Gasteiger partial charge in [0.05, 0.1) is 17.7 Å². The van der Waals surface area contributed by atoms with Crippen LogP contribution >= 0.6 is 11.8 Å². The van der Waals surface area contributed by atoms with Crippen molar-refractivity contribution in [3.63, 3.8) is 0 Å². The van der Waals surface area contributed by atoms with Crippen molar-refractivity contribution in [2.45, 2.75) is 62.5 Å². The van der Waals surface area contributed by atoms with Gasteiger partial charge < -0.3 is 15.0 Å².